The summed E-state index contributed by atoms with van der Waals surface area (Å²) < 4.78 is 38.4. The number of piperidine rings is 1. The van der Waals surface area contributed by atoms with Crippen molar-refractivity contribution < 1.29 is 13.2 Å². The normalized spacial score (nSPS) is 19.1. The van der Waals surface area contributed by atoms with Gasteiger partial charge in [-0.1, -0.05) is 23.5 Å². The summed E-state index contributed by atoms with van der Waals surface area (Å²) in [6, 6.07) is 7.57. The van der Waals surface area contributed by atoms with Gasteiger partial charge in [-0.3, -0.25) is 0 Å². The number of benzene rings is 1. The van der Waals surface area contributed by atoms with E-state index in [4.69, 9.17) is 0 Å². The Kier molecular flexibility index (Phi) is 3.67. The highest BCUT2D eigenvalue weighted by Gasteiger charge is 2.37. The predicted octanol–water partition coefficient (Wildman–Crippen LogP) is 4.16. The average Bonchev–Trinajstić information content (AvgIpc) is 3.21. The summed E-state index contributed by atoms with van der Waals surface area (Å²) in [4.78, 5) is 9.77. The van der Waals surface area contributed by atoms with E-state index in [9.17, 15) is 13.2 Å². The van der Waals surface area contributed by atoms with E-state index < -0.39 is 11.2 Å². The molecule has 3 aromatic rings. The van der Waals surface area contributed by atoms with Crippen LogP contribution in [0.25, 0.3) is 11.0 Å². The topological polar surface area (TPSA) is 57.7 Å². The second-order valence-electron chi connectivity index (χ2n) is 5.73. The second kappa shape index (κ2) is 5.73. The highest BCUT2D eigenvalue weighted by molar-refractivity contribution is 7.15. The van der Waals surface area contributed by atoms with E-state index in [1.165, 1.54) is 0 Å². The van der Waals surface area contributed by atoms with E-state index >= 15 is 0 Å². The van der Waals surface area contributed by atoms with Gasteiger partial charge in [-0.15, -0.1) is 10.2 Å². The molecule has 0 spiro atoms. The van der Waals surface area contributed by atoms with E-state index in [0.717, 1.165) is 36.1 Å². The van der Waals surface area contributed by atoms with E-state index in [-0.39, 0.29) is 6.04 Å². The van der Waals surface area contributed by atoms with E-state index in [2.05, 4.69) is 20.2 Å². The van der Waals surface area contributed by atoms with E-state index in [0.29, 0.717) is 23.0 Å². The van der Waals surface area contributed by atoms with E-state index in [1.807, 2.05) is 29.2 Å². The van der Waals surface area contributed by atoms with Gasteiger partial charge in [0, 0.05) is 6.54 Å². The second-order valence-corrected chi connectivity index (χ2v) is 6.69. The molecule has 0 amide bonds. The first-order chi connectivity index (χ1) is 11.5. The Morgan fingerprint density at radius 2 is 2.00 bits per heavy atom. The summed E-state index contributed by atoms with van der Waals surface area (Å²) >= 11 is 0.589. The number of imidazole rings is 1. The number of fused-ring (bicyclic) bond motifs is 1. The Bertz CT molecular complexity index is 823. The van der Waals surface area contributed by atoms with Crippen LogP contribution in [0.15, 0.2) is 24.3 Å². The van der Waals surface area contributed by atoms with Crippen molar-refractivity contribution in [2.75, 3.05) is 11.4 Å². The smallest absolute Gasteiger partial charge is 0.340 e. The zero-order chi connectivity index (χ0) is 16.7. The number of alkyl halides is 3. The Labute approximate surface area is 139 Å². The first-order valence-electron chi connectivity index (χ1n) is 7.64. The van der Waals surface area contributed by atoms with Crippen LogP contribution in [0.1, 0.15) is 36.1 Å². The molecule has 5 nitrogen and oxygen atoms in total. The molecule has 1 aliphatic rings. The molecular formula is C15H14F3N5S. The van der Waals surface area contributed by atoms with Gasteiger partial charge in [-0.2, -0.15) is 13.2 Å². The molecule has 1 fully saturated rings. The van der Waals surface area contributed by atoms with Gasteiger partial charge in [0.25, 0.3) is 0 Å². The number of aromatic amines is 1. The molecule has 1 saturated heterocycles. The van der Waals surface area contributed by atoms with Gasteiger partial charge in [-0.25, -0.2) is 4.98 Å². The van der Waals surface area contributed by atoms with Gasteiger partial charge < -0.3 is 9.88 Å². The van der Waals surface area contributed by atoms with E-state index in [1.54, 1.807) is 0 Å². The van der Waals surface area contributed by atoms with Crippen LogP contribution in [0.3, 0.4) is 0 Å². The van der Waals surface area contributed by atoms with Crippen LogP contribution < -0.4 is 4.90 Å². The van der Waals surface area contributed by atoms with Crippen LogP contribution in [0.2, 0.25) is 0 Å². The molecule has 0 aliphatic carbocycles. The fraction of sp³-hybridized carbons (Fsp3) is 0.400. The van der Waals surface area contributed by atoms with Gasteiger partial charge in [-0.05, 0) is 31.4 Å². The first kappa shape index (κ1) is 15.4. The molecule has 126 valence electrons. The van der Waals surface area contributed by atoms with Gasteiger partial charge in [0.15, 0.2) is 0 Å². The molecule has 1 unspecified atom stereocenters. The molecule has 0 saturated carbocycles. The summed E-state index contributed by atoms with van der Waals surface area (Å²) in [6.45, 7) is 0.647. The third-order valence-corrected chi connectivity index (χ3v) is 5.13. The SMILES string of the molecule is FC(F)(F)c1nnc(N2CCCCC2c2nc3ccccc3[nH]2)s1. The number of nitrogens with one attached hydrogen (secondary N) is 1. The van der Waals surface area contributed by atoms with Crippen molar-refractivity contribution in [3.63, 3.8) is 0 Å². The van der Waals surface area contributed by atoms with Gasteiger partial charge in [0.2, 0.25) is 10.1 Å². The summed E-state index contributed by atoms with van der Waals surface area (Å²) in [7, 11) is 0. The third kappa shape index (κ3) is 2.72. The van der Waals surface area contributed by atoms with Crippen molar-refractivity contribution in [3.8, 4) is 0 Å². The van der Waals surface area contributed by atoms with Crippen molar-refractivity contribution in [2.45, 2.75) is 31.5 Å². The van der Waals surface area contributed by atoms with Gasteiger partial charge in [0.05, 0.1) is 17.1 Å². The molecule has 1 N–H and O–H groups in total. The van der Waals surface area contributed by atoms with Crippen LogP contribution in [0, 0.1) is 0 Å². The zero-order valence-electron chi connectivity index (χ0n) is 12.5. The lowest BCUT2D eigenvalue weighted by Gasteiger charge is -2.33. The Balaban J connectivity index is 1.69. The largest absolute Gasteiger partial charge is 0.445 e. The Morgan fingerprint density at radius 3 is 2.75 bits per heavy atom. The molecule has 1 atom stereocenters. The minimum atomic E-state index is -4.46. The number of hydrogen-bond donors (Lipinski definition) is 1. The van der Waals surface area contributed by atoms with Crippen molar-refractivity contribution in [2.24, 2.45) is 0 Å². The van der Waals surface area contributed by atoms with Crippen LogP contribution in [0.5, 0.6) is 0 Å². The molecule has 4 rings (SSSR count). The lowest BCUT2D eigenvalue weighted by atomic mass is 10.0. The van der Waals surface area contributed by atoms with Gasteiger partial charge >= 0.3 is 6.18 Å². The fourth-order valence-corrected chi connectivity index (χ4v) is 3.81. The number of nitrogens with zero attached hydrogens (tertiary/aromatic N) is 4. The van der Waals surface area contributed by atoms with Crippen LogP contribution >= 0.6 is 11.3 Å². The molecule has 1 aromatic carbocycles. The quantitative estimate of drug-likeness (QED) is 0.751. The number of rotatable bonds is 2. The van der Waals surface area contributed by atoms with Crippen molar-refractivity contribution in [1.29, 1.82) is 0 Å². The van der Waals surface area contributed by atoms with Crippen LogP contribution in [-0.4, -0.2) is 26.7 Å². The number of hydrogen-bond acceptors (Lipinski definition) is 5. The maximum absolute atomic E-state index is 12.8. The molecule has 0 bridgehead atoms. The zero-order valence-corrected chi connectivity index (χ0v) is 13.4. The summed E-state index contributed by atoms with van der Waals surface area (Å²) in [5.74, 6) is 0.764. The van der Waals surface area contributed by atoms with Crippen molar-refractivity contribution >= 4 is 27.5 Å². The Morgan fingerprint density at radius 1 is 1.17 bits per heavy atom. The molecule has 24 heavy (non-hydrogen) atoms. The summed E-state index contributed by atoms with van der Waals surface area (Å²) in [6.07, 6.45) is -1.72. The predicted molar refractivity (Wildman–Crippen MR) is 84.9 cm³/mol. The number of H-pyrrole nitrogens is 1. The first-order valence-corrected chi connectivity index (χ1v) is 8.46. The van der Waals surface area contributed by atoms with Crippen LogP contribution in [0.4, 0.5) is 18.3 Å². The third-order valence-electron chi connectivity index (χ3n) is 4.13. The molecule has 2 aromatic heterocycles. The standard InChI is InChI=1S/C15H14F3N5S/c16-15(17,18)13-21-22-14(24-13)23-8-4-3-7-11(23)12-19-9-5-1-2-6-10(9)20-12/h1-2,5-6,11H,3-4,7-8H2,(H,19,20). The Hall–Kier alpha value is -2.16. The molecule has 9 heteroatoms. The highest BCUT2D eigenvalue weighted by Crippen LogP contribution is 2.39. The minimum absolute atomic E-state index is 0.111. The lowest BCUT2D eigenvalue weighted by Crippen LogP contribution is -2.34. The number of anilines is 1. The highest BCUT2D eigenvalue weighted by atomic mass is 32.1. The lowest BCUT2D eigenvalue weighted by molar-refractivity contribution is -0.138. The molecular weight excluding hydrogens is 339 g/mol. The van der Waals surface area contributed by atoms with Crippen molar-refractivity contribution in [3.05, 3.63) is 35.1 Å². The maximum Gasteiger partial charge on any atom is 0.445 e. The molecule has 0 radical (unpaired) electrons. The number of halogens is 3. The number of aromatic nitrogens is 4. The maximum atomic E-state index is 12.8. The van der Waals surface area contributed by atoms with Crippen molar-refractivity contribution in [1.82, 2.24) is 20.2 Å². The molecule has 3 heterocycles. The average molecular weight is 353 g/mol. The monoisotopic (exact) mass is 353 g/mol. The number of para-hydroxylation sites is 2. The fourth-order valence-electron chi connectivity index (χ4n) is 3.02. The molecule has 1 aliphatic heterocycles. The minimum Gasteiger partial charge on any atom is -0.340 e. The van der Waals surface area contributed by atoms with Crippen LogP contribution in [-0.2, 0) is 6.18 Å². The van der Waals surface area contributed by atoms with Gasteiger partial charge in [0.1, 0.15) is 5.82 Å². The summed E-state index contributed by atoms with van der Waals surface area (Å²) in [5.41, 5.74) is 1.78. The summed E-state index contributed by atoms with van der Waals surface area (Å²) in [5, 5.41) is 6.46.